The summed E-state index contributed by atoms with van der Waals surface area (Å²) < 4.78 is 10.7. The molecule has 1 heterocycles. The number of ether oxygens (including phenoxy) is 2. The van der Waals surface area contributed by atoms with E-state index in [1.807, 2.05) is 0 Å². The zero-order chi connectivity index (χ0) is 12.1. The second-order valence-electron chi connectivity index (χ2n) is 4.46. The fourth-order valence-corrected chi connectivity index (χ4v) is 2.51. The van der Waals surface area contributed by atoms with E-state index in [9.17, 15) is 0 Å². The van der Waals surface area contributed by atoms with Crippen LogP contribution in [0.3, 0.4) is 0 Å². The standard InChI is InChI=1S/C14H21NO2/c1-16-10-14(17-2)12-7-4-3-6-11(12)13-8-5-9-15-13/h3-4,6-7,13-15H,5,8-10H2,1-2H3. The van der Waals surface area contributed by atoms with E-state index in [4.69, 9.17) is 9.47 Å². The summed E-state index contributed by atoms with van der Waals surface area (Å²) in [5.41, 5.74) is 2.60. The van der Waals surface area contributed by atoms with Gasteiger partial charge in [-0.05, 0) is 30.5 Å². The van der Waals surface area contributed by atoms with Crippen molar-refractivity contribution in [3.8, 4) is 0 Å². The van der Waals surface area contributed by atoms with Crippen LogP contribution in [0, 0.1) is 0 Å². The summed E-state index contributed by atoms with van der Waals surface area (Å²) in [4.78, 5) is 0. The molecule has 1 aromatic rings. The van der Waals surface area contributed by atoms with Gasteiger partial charge in [-0.3, -0.25) is 0 Å². The normalized spacial score (nSPS) is 21.6. The predicted molar refractivity (Wildman–Crippen MR) is 68.0 cm³/mol. The Labute approximate surface area is 103 Å². The van der Waals surface area contributed by atoms with Crippen molar-refractivity contribution in [3.05, 3.63) is 35.4 Å². The van der Waals surface area contributed by atoms with E-state index in [0.717, 1.165) is 6.54 Å². The van der Waals surface area contributed by atoms with Crippen molar-refractivity contribution in [1.29, 1.82) is 0 Å². The Hall–Kier alpha value is -0.900. The highest BCUT2D eigenvalue weighted by Crippen LogP contribution is 2.30. The van der Waals surface area contributed by atoms with E-state index in [0.29, 0.717) is 12.6 Å². The molecule has 0 amide bonds. The lowest BCUT2D eigenvalue weighted by molar-refractivity contribution is 0.0267. The highest BCUT2D eigenvalue weighted by molar-refractivity contribution is 5.32. The Morgan fingerprint density at radius 1 is 1.35 bits per heavy atom. The number of benzene rings is 1. The summed E-state index contributed by atoms with van der Waals surface area (Å²) in [6, 6.07) is 8.97. The number of rotatable bonds is 5. The van der Waals surface area contributed by atoms with Gasteiger partial charge in [0.1, 0.15) is 6.10 Å². The van der Waals surface area contributed by atoms with Gasteiger partial charge < -0.3 is 14.8 Å². The summed E-state index contributed by atoms with van der Waals surface area (Å²) in [6.07, 6.45) is 2.49. The first-order valence-electron chi connectivity index (χ1n) is 6.20. The molecule has 1 N–H and O–H groups in total. The van der Waals surface area contributed by atoms with E-state index in [1.54, 1.807) is 14.2 Å². The zero-order valence-electron chi connectivity index (χ0n) is 10.6. The van der Waals surface area contributed by atoms with Gasteiger partial charge in [0.25, 0.3) is 0 Å². The molecule has 2 unspecified atom stereocenters. The van der Waals surface area contributed by atoms with E-state index in [1.165, 1.54) is 24.0 Å². The van der Waals surface area contributed by atoms with Gasteiger partial charge in [0.05, 0.1) is 6.61 Å². The largest absolute Gasteiger partial charge is 0.382 e. The number of nitrogens with one attached hydrogen (secondary N) is 1. The molecular weight excluding hydrogens is 214 g/mol. The molecule has 0 aromatic heterocycles. The first kappa shape index (κ1) is 12.6. The molecule has 1 aliphatic rings. The predicted octanol–water partition coefficient (Wildman–Crippen LogP) is 2.45. The third kappa shape index (κ3) is 2.86. The Morgan fingerprint density at radius 2 is 2.18 bits per heavy atom. The quantitative estimate of drug-likeness (QED) is 0.850. The lowest BCUT2D eigenvalue weighted by Crippen LogP contribution is -2.18. The summed E-state index contributed by atoms with van der Waals surface area (Å²) >= 11 is 0. The van der Waals surface area contributed by atoms with Gasteiger partial charge in [0.2, 0.25) is 0 Å². The molecule has 0 saturated carbocycles. The summed E-state index contributed by atoms with van der Waals surface area (Å²) in [6.45, 7) is 1.71. The average Bonchev–Trinajstić information content (AvgIpc) is 2.90. The van der Waals surface area contributed by atoms with E-state index in [-0.39, 0.29) is 6.10 Å². The van der Waals surface area contributed by atoms with Gasteiger partial charge in [-0.1, -0.05) is 24.3 Å². The fraction of sp³-hybridized carbons (Fsp3) is 0.571. The monoisotopic (exact) mass is 235 g/mol. The topological polar surface area (TPSA) is 30.5 Å². The molecule has 0 bridgehead atoms. The molecule has 3 heteroatoms. The van der Waals surface area contributed by atoms with E-state index >= 15 is 0 Å². The van der Waals surface area contributed by atoms with Crippen LogP contribution in [0.4, 0.5) is 0 Å². The summed E-state index contributed by atoms with van der Waals surface area (Å²) in [5, 5.41) is 3.54. The molecule has 0 radical (unpaired) electrons. The Morgan fingerprint density at radius 3 is 2.82 bits per heavy atom. The molecule has 1 aliphatic heterocycles. The van der Waals surface area contributed by atoms with Crippen molar-refractivity contribution in [2.45, 2.75) is 25.0 Å². The zero-order valence-corrected chi connectivity index (χ0v) is 10.6. The minimum atomic E-state index is 0.0265. The Kier molecular flexibility index (Phi) is 4.54. The maximum Gasteiger partial charge on any atom is 0.106 e. The van der Waals surface area contributed by atoms with Crippen molar-refractivity contribution in [1.82, 2.24) is 5.32 Å². The van der Waals surface area contributed by atoms with Gasteiger partial charge >= 0.3 is 0 Å². The van der Waals surface area contributed by atoms with E-state index < -0.39 is 0 Å². The number of hydrogen-bond acceptors (Lipinski definition) is 3. The molecule has 1 saturated heterocycles. The SMILES string of the molecule is COCC(OC)c1ccccc1C1CCCN1. The Balaban J connectivity index is 2.25. The molecule has 94 valence electrons. The first-order chi connectivity index (χ1) is 8.36. The van der Waals surface area contributed by atoms with Gasteiger partial charge in [0, 0.05) is 20.3 Å². The second kappa shape index (κ2) is 6.15. The van der Waals surface area contributed by atoms with Crippen molar-refractivity contribution >= 4 is 0 Å². The summed E-state index contributed by atoms with van der Waals surface area (Å²) in [7, 11) is 3.45. The van der Waals surface area contributed by atoms with Gasteiger partial charge in [0.15, 0.2) is 0 Å². The molecule has 0 aliphatic carbocycles. The lowest BCUT2D eigenvalue weighted by atomic mass is 9.96. The van der Waals surface area contributed by atoms with Crippen LogP contribution in [-0.2, 0) is 9.47 Å². The van der Waals surface area contributed by atoms with Crippen molar-refractivity contribution in [2.75, 3.05) is 27.4 Å². The van der Waals surface area contributed by atoms with Gasteiger partial charge in [-0.25, -0.2) is 0 Å². The molecular formula is C14H21NO2. The van der Waals surface area contributed by atoms with Crippen LogP contribution in [0.2, 0.25) is 0 Å². The van der Waals surface area contributed by atoms with Crippen LogP contribution in [0.15, 0.2) is 24.3 Å². The second-order valence-corrected chi connectivity index (χ2v) is 4.46. The third-order valence-electron chi connectivity index (χ3n) is 3.38. The minimum Gasteiger partial charge on any atom is -0.382 e. The smallest absolute Gasteiger partial charge is 0.106 e. The van der Waals surface area contributed by atoms with Gasteiger partial charge in [-0.15, -0.1) is 0 Å². The molecule has 2 rings (SSSR count). The highest BCUT2D eigenvalue weighted by Gasteiger charge is 2.22. The van der Waals surface area contributed by atoms with Crippen LogP contribution in [0.25, 0.3) is 0 Å². The van der Waals surface area contributed by atoms with Crippen LogP contribution in [0.5, 0.6) is 0 Å². The molecule has 17 heavy (non-hydrogen) atoms. The summed E-state index contributed by atoms with van der Waals surface area (Å²) in [5.74, 6) is 0. The molecule has 1 aromatic carbocycles. The fourth-order valence-electron chi connectivity index (χ4n) is 2.51. The maximum absolute atomic E-state index is 5.52. The van der Waals surface area contributed by atoms with Crippen LogP contribution < -0.4 is 5.32 Å². The highest BCUT2D eigenvalue weighted by atomic mass is 16.5. The van der Waals surface area contributed by atoms with Crippen LogP contribution in [0.1, 0.15) is 36.1 Å². The average molecular weight is 235 g/mol. The third-order valence-corrected chi connectivity index (χ3v) is 3.38. The molecule has 1 fully saturated rings. The first-order valence-corrected chi connectivity index (χ1v) is 6.20. The van der Waals surface area contributed by atoms with Gasteiger partial charge in [-0.2, -0.15) is 0 Å². The van der Waals surface area contributed by atoms with Crippen LogP contribution in [-0.4, -0.2) is 27.4 Å². The Bertz CT molecular complexity index is 348. The van der Waals surface area contributed by atoms with E-state index in [2.05, 4.69) is 29.6 Å². The maximum atomic E-state index is 5.52. The van der Waals surface area contributed by atoms with Crippen molar-refractivity contribution < 1.29 is 9.47 Å². The number of hydrogen-bond donors (Lipinski definition) is 1. The molecule has 2 atom stereocenters. The molecule has 0 spiro atoms. The number of methoxy groups -OCH3 is 2. The van der Waals surface area contributed by atoms with Crippen molar-refractivity contribution in [3.63, 3.8) is 0 Å². The van der Waals surface area contributed by atoms with Crippen molar-refractivity contribution in [2.24, 2.45) is 0 Å². The van der Waals surface area contributed by atoms with Crippen LogP contribution >= 0.6 is 0 Å². The lowest BCUT2D eigenvalue weighted by Gasteiger charge is -2.21. The minimum absolute atomic E-state index is 0.0265. The molecule has 3 nitrogen and oxygen atoms in total.